The van der Waals surface area contributed by atoms with Crippen molar-refractivity contribution in [1.29, 1.82) is 0 Å². The maximum atomic E-state index is 12.6. The van der Waals surface area contributed by atoms with Gasteiger partial charge in [0.2, 0.25) is 0 Å². The number of hydrogen-bond acceptors (Lipinski definition) is 3. The van der Waals surface area contributed by atoms with Crippen LogP contribution >= 0.6 is 0 Å². The molecule has 1 heterocycles. The third kappa shape index (κ3) is 3.18. The van der Waals surface area contributed by atoms with Crippen LogP contribution in [-0.2, 0) is 4.79 Å². The number of allylic oxidation sites excluding steroid dienone is 1. The van der Waals surface area contributed by atoms with Crippen molar-refractivity contribution in [3.8, 4) is 0 Å². The van der Waals surface area contributed by atoms with Crippen LogP contribution in [0.2, 0.25) is 0 Å². The summed E-state index contributed by atoms with van der Waals surface area (Å²) < 4.78 is 0. The minimum absolute atomic E-state index is 0.223. The molecule has 23 heavy (non-hydrogen) atoms. The summed E-state index contributed by atoms with van der Waals surface area (Å²) in [5.74, 6) is 0.385. The van der Waals surface area contributed by atoms with Crippen LogP contribution in [0.1, 0.15) is 38.2 Å². The lowest BCUT2D eigenvalue weighted by Crippen LogP contribution is -2.49. The first-order valence-electron chi connectivity index (χ1n) is 8.03. The van der Waals surface area contributed by atoms with E-state index < -0.39 is 11.6 Å². The van der Waals surface area contributed by atoms with Gasteiger partial charge in [-0.1, -0.05) is 43.3 Å². The van der Waals surface area contributed by atoms with Crippen LogP contribution in [0.15, 0.2) is 41.5 Å². The van der Waals surface area contributed by atoms with Crippen molar-refractivity contribution < 1.29 is 9.59 Å². The van der Waals surface area contributed by atoms with E-state index in [4.69, 9.17) is 0 Å². The van der Waals surface area contributed by atoms with Gasteiger partial charge < -0.3 is 5.32 Å². The fraction of sp³-hybridized carbons (Fsp3) is 0.389. The number of amides is 3. The molecular formula is C18H21N3O2. The minimum atomic E-state index is -0.732. The van der Waals surface area contributed by atoms with E-state index in [0.717, 1.165) is 23.4 Å². The normalized spacial score (nSPS) is 28.2. The number of nitrogens with one attached hydrogen (secondary N) is 1. The number of carbonyl (C=O) groups is 2. The smallest absolute Gasteiger partial charge is 0.321 e. The number of hydrogen-bond donors (Lipinski definition) is 1. The van der Waals surface area contributed by atoms with Gasteiger partial charge in [0.1, 0.15) is 5.54 Å². The molecule has 5 heteroatoms. The van der Waals surface area contributed by atoms with Gasteiger partial charge >= 0.3 is 6.03 Å². The lowest BCUT2D eigenvalue weighted by Gasteiger charge is -2.33. The van der Waals surface area contributed by atoms with E-state index in [1.165, 1.54) is 6.21 Å². The largest absolute Gasteiger partial charge is 0.346 e. The maximum absolute atomic E-state index is 12.6. The van der Waals surface area contributed by atoms with Crippen LogP contribution in [-0.4, -0.2) is 28.7 Å². The molecule has 1 spiro atoms. The highest BCUT2D eigenvalue weighted by Crippen LogP contribution is 2.36. The van der Waals surface area contributed by atoms with Gasteiger partial charge in [0.15, 0.2) is 0 Å². The van der Waals surface area contributed by atoms with E-state index in [-0.39, 0.29) is 5.91 Å². The molecule has 3 amide bonds. The van der Waals surface area contributed by atoms with Crippen LogP contribution in [0.3, 0.4) is 0 Å². The van der Waals surface area contributed by atoms with Crippen molar-refractivity contribution in [2.45, 2.75) is 38.1 Å². The molecule has 120 valence electrons. The Morgan fingerprint density at radius 3 is 2.61 bits per heavy atom. The molecule has 1 N–H and O–H groups in total. The summed E-state index contributed by atoms with van der Waals surface area (Å²) in [6, 6.07) is 9.36. The predicted octanol–water partition coefficient (Wildman–Crippen LogP) is 3.19. The molecular weight excluding hydrogens is 290 g/mol. The van der Waals surface area contributed by atoms with Gasteiger partial charge in [-0.15, -0.1) is 5.01 Å². The van der Waals surface area contributed by atoms with Crippen molar-refractivity contribution >= 4 is 24.2 Å². The van der Waals surface area contributed by atoms with Crippen molar-refractivity contribution in [2.24, 2.45) is 11.0 Å². The van der Waals surface area contributed by atoms with Gasteiger partial charge in [-0.3, -0.25) is 4.79 Å². The van der Waals surface area contributed by atoms with E-state index in [2.05, 4.69) is 17.3 Å². The van der Waals surface area contributed by atoms with Crippen LogP contribution in [0.5, 0.6) is 0 Å². The van der Waals surface area contributed by atoms with E-state index in [1.807, 2.05) is 36.4 Å². The van der Waals surface area contributed by atoms with Crippen LogP contribution in [0.25, 0.3) is 6.08 Å². The van der Waals surface area contributed by atoms with E-state index >= 15 is 0 Å². The fourth-order valence-electron chi connectivity index (χ4n) is 3.13. The first-order chi connectivity index (χ1) is 11.1. The Morgan fingerprint density at radius 1 is 1.22 bits per heavy atom. The van der Waals surface area contributed by atoms with Crippen LogP contribution in [0.4, 0.5) is 4.79 Å². The lowest BCUT2D eigenvalue weighted by atomic mass is 9.77. The molecule has 0 radical (unpaired) electrons. The highest BCUT2D eigenvalue weighted by atomic mass is 16.2. The Labute approximate surface area is 136 Å². The van der Waals surface area contributed by atoms with Gasteiger partial charge in [0.25, 0.3) is 5.91 Å². The first-order valence-corrected chi connectivity index (χ1v) is 8.03. The number of rotatable bonds is 3. The van der Waals surface area contributed by atoms with Gasteiger partial charge in [-0.2, -0.15) is 5.10 Å². The zero-order chi connectivity index (χ0) is 16.3. The molecule has 2 aliphatic rings. The third-order valence-corrected chi connectivity index (χ3v) is 4.62. The monoisotopic (exact) mass is 311 g/mol. The number of hydrazone groups is 1. The lowest BCUT2D eigenvalue weighted by molar-refractivity contribution is -0.132. The molecule has 1 saturated carbocycles. The molecule has 1 saturated heterocycles. The summed E-state index contributed by atoms with van der Waals surface area (Å²) in [5, 5.41) is 7.84. The van der Waals surface area contributed by atoms with Gasteiger partial charge in [0, 0.05) is 6.21 Å². The van der Waals surface area contributed by atoms with E-state index in [1.54, 1.807) is 6.08 Å². The number of urea groups is 1. The van der Waals surface area contributed by atoms with E-state index in [9.17, 15) is 9.59 Å². The van der Waals surface area contributed by atoms with Crippen molar-refractivity contribution in [2.75, 3.05) is 0 Å². The number of nitrogens with zero attached hydrogens (tertiary/aromatic N) is 2. The van der Waals surface area contributed by atoms with Crippen LogP contribution < -0.4 is 5.32 Å². The zero-order valence-electron chi connectivity index (χ0n) is 13.2. The Morgan fingerprint density at radius 2 is 1.91 bits per heavy atom. The Kier molecular flexibility index (Phi) is 4.28. The minimum Gasteiger partial charge on any atom is -0.321 e. The quantitative estimate of drug-likeness (QED) is 0.688. The number of benzene rings is 1. The Bertz CT molecular complexity index is 643. The summed E-state index contributed by atoms with van der Waals surface area (Å²) in [4.78, 5) is 24.6. The molecule has 1 aromatic rings. The highest BCUT2D eigenvalue weighted by molar-refractivity contribution is 6.07. The number of carbonyl (C=O) groups excluding carboxylic acids is 2. The second-order valence-electron chi connectivity index (χ2n) is 6.35. The molecule has 5 nitrogen and oxygen atoms in total. The molecule has 3 rings (SSSR count). The van der Waals surface area contributed by atoms with Crippen LogP contribution in [0, 0.1) is 5.92 Å². The molecule has 1 aliphatic carbocycles. The highest BCUT2D eigenvalue weighted by Gasteiger charge is 2.52. The number of imide groups is 1. The van der Waals surface area contributed by atoms with Gasteiger partial charge in [0.05, 0.1) is 0 Å². The Balaban J connectivity index is 1.66. The summed E-state index contributed by atoms with van der Waals surface area (Å²) in [6.07, 6.45) is 8.39. The average Bonchev–Trinajstić information content (AvgIpc) is 2.79. The van der Waals surface area contributed by atoms with Crippen molar-refractivity contribution in [1.82, 2.24) is 10.3 Å². The standard InChI is InChI=1S/C18H21N3O2/c1-14-9-11-18(12-10-14)16(22)21(17(23)20-18)19-13-5-8-15-6-3-2-4-7-15/h2-8,13-14H,9-12H2,1H3,(H,20,23)/b8-5+,19-13+. The molecule has 1 aromatic carbocycles. The van der Waals surface area contributed by atoms with Crippen molar-refractivity contribution in [3.05, 3.63) is 42.0 Å². The second kappa shape index (κ2) is 6.36. The maximum Gasteiger partial charge on any atom is 0.346 e. The molecule has 0 bridgehead atoms. The topological polar surface area (TPSA) is 61.8 Å². The summed E-state index contributed by atoms with van der Waals surface area (Å²) in [5.41, 5.74) is 0.304. The molecule has 0 aromatic heterocycles. The zero-order valence-corrected chi connectivity index (χ0v) is 13.2. The average molecular weight is 311 g/mol. The van der Waals surface area contributed by atoms with E-state index in [0.29, 0.717) is 18.8 Å². The third-order valence-electron chi connectivity index (χ3n) is 4.62. The Hall–Kier alpha value is -2.43. The molecule has 0 atom stereocenters. The molecule has 1 aliphatic heterocycles. The first kappa shape index (κ1) is 15.5. The molecule has 0 unspecified atom stereocenters. The van der Waals surface area contributed by atoms with Gasteiger partial charge in [-0.25, -0.2) is 4.79 Å². The predicted molar refractivity (Wildman–Crippen MR) is 89.7 cm³/mol. The summed E-state index contributed by atoms with van der Waals surface area (Å²) in [6.45, 7) is 2.18. The summed E-state index contributed by atoms with van der Waals surface area (Å²) in [7, 11) is 0. The fourth-order valence-corrected chi connectivity index (χ4v) is 3.13. The van der Waals surface area contributed by atoms with Gasteiger partial charge in [-0.05, 0) is 43.2 Å². The second-order valence-corrected chi connectivity index (χ2v) is 6.35. The molecule has 2 fully saturated rings. The van der Waals surface area contributed by atoms with Crippen molar-refractivity contribution in [3.63, 3.8) is 0 Å². The SMILES string of the molecule is CC1CCC2(CC1)NC(=O)N(/N=C/C=C/c1ccccc1)C2=O. The summed E-state index contributed by atoms with van der Waals surface area (Å²) >= 11 is 0.